The second kappa shape index (κ2) is 9.91. The number of hydrogen-bond acceptors (Lipinski definition) is 4. The maximum Gasteiger partial charge on any atom is 0.255 e. The predicted molar refractivity (Wildman–Crippen MR) is 144 cm³/mol. The minimum Gasteiger partial charge on any atom is -0.376 e. The lowest BCUT2D eigenvalue weighted by Gasteiger charge is -2.38. The molecule has 1 saturated heterocycles. The van der Waals surface area contributed by atoms with Gasteiger partial charge in [-0.3, -0.25) is 14.4 Å². The van der Waals surface area contributed by atoms with Crippen molar-refractivity contribution >= 4 is 28.6 Å². The van der Waals surface area contributed by atoms with E-state index >= 15 is 0 Å². The Morgan fingerprint density at radius 2 is 1.92 bits per heavy atom. The van der Waals surface area contributed by atoms with E-state index < -0.39 is 12.1 Å². The fourth-order valence-corrected chi connectivity index (χ4v) is 6.25. The van der Waals surface area contributed by atoms with Gasteiger partial charge < -0.3 is 25.3 Å². The largest absolute Gasteiger partial charge is 0.376 e. The third-order valence-electron chi connectivity index (χ3n) is 8.02. The maximum absolute atomic E-state index is 13.9. The number of H-pyrrole nitrogens is 1. The van der Waals surface area contributed by atoms with E-state index in [-0.39, 0.29) is 35.8 Å². The average molecular weight is 515 g/mol. The fraction of sp³-hybridized carbons (Fsp3) is 0.433. The topological polar surface area (TPSA) is 104 Å². The van der Waals surface area contributed by atoms with Crippen molar-refractivity contribution in [2.45, 2.75) is 63.8 Å². The summed E-state index contributed by atoms with van der Waals surface area (Å²) in [6.45, 7) is 5.22. The van der Waals surface area contributed by atoms with Gasteiger partial charge in [-0.05, 0) is 48.4 Å². The smallest absolute Gasteiger partial charge is 0.255 e. The van der Waals surface area contributed by atoms with E-state index in [9.17, 15) is 14.4 Å². The van der Waals surface area contributed by atoms with Gasteiger partial charge in [-0.2, -0.15) is 0 Å². The molecular weight excluding hydrogens is 480 g/mol. The molecule has 198 valence electrons. The summed E-state index contributed by atoms with van der Waals surface area (Å²) >= 11 is 0. The van der Waals surface area contributed by atoms with Crippen LogP contribution >= 0.6 is 0 Å². The molecule has 1 aromatic heterocycles. The van der Waals surface area contributed by atoms with Gasteiger partial charge in [0, 0.05) is 41.7 Å². The van der Waals surface area contributed by atoms with Crippen LogP contribution in [0.2, 0.25) is 0 Å². The van der Waals surface area contributed by atoms with Crippen molar-refractivity contribution in [2.24, 2.45) is 5.92 Å². The van der Waals surface area contributed by atoms with Crippen LogP contribution < -0.4 is 10.6 Å². The van der Waals surface area contributed by atoms with Gasteiger partial charge in [-0.15, -0.1) is 0 Å². The van der Waals surface area contributed by atoms with Crippen LogP contribution in [0, 0.1) is 5.92 Å². The SMILES string of the molecule is CC(C)C[C@H](NC(=O)[C@@H]1Cc2c([nH]c3ccccc23)[C@@H]2c3ccccc3C(=O)N21)C(=O)NC[C@H]1CCCO1. The Hall–Kier alpha value is -3.65. The number of benzene rings is 2. The Morgan fingerprint density at radius 3 is 2.71 bits per heavy atom. The van der Waals surface area contributed by atoms with E-state index in [2.05, 4.69) is 21.7 Å². The van der Waals surface area contributed by atoms with E-state index in [1.807, 2.05) is 56.3 Å². The summed E-state index contributed by atoms with van der Waals surface area (Å²) in [6, 6.07) is 13.8. The number of aromatic amines is 1. The minimum atomic E-state index is -0.729. The molecule has 1 fully saturated rings. The van der Waals surface area contributed by atoms with Crippen LogP contribution in [0.15, 0.2) is 48.5 Å². The van der Waals surface area contributed by atoms with Crippen molar-refractivity contribution in [2.75, 3.05) is 13.2 Å². The Kier molecular flexibility index (Phi) is 6.43. The summed E-state index contributed by atoms with van der Waals surface area (Å²) in [5.41, 5.74) is 4.52. The van der Waals surface area contributed by atoms with E-state index in [4.69, 9.17) is 4.74 Å². The summed E-state index contributed by atoms with van der Waals surface area (Å²) < 4.78 is 5.64. The number of aromatic nitrogens is 1. The molecule has 8 nitrogen and oxygen atoms in total. The monoisotopic (exact) mass is 514 g/mol. The fourth-order valence-electron chi connectivity index (χ4n) is 6.25. The van der Waals surface area contributed by atoms with Gasteiger partial charge in [-0.1, -0.05) is 50.2 Å². The molecule has 3 N–H and O–H groups in total. The number of amides is 3. The normalized spacial score (nSPS) is 22.8. The molecule has 4 heterocycles. The minimum absolute atomic E-state index is 0.0227. The first-order valence-electron chi connectivity index (χ1n) is 13.6. The van der Waals surface area contributed by atoms with Crippen LogP contribution in [0.5, 0.6) is 0 Å². The van der Waals surface area contributed by atoms with Crippen LogP contribution in [0.1, 0.15) is 66.3 Å². The standard InChI is InChI=1S/C30H34N4O4/c1-17(2)14-24(28(35)31-16-18-8-7-13-38-18)33-29(36)25-15-22-19-9-5-6-12-23(19)32-26(22)27-20-10-3-4-11-21(20)30(37)34(25)27/h3-6,9-12,17-18,24-25,27,32H,7-8,13-16H2,1-2H3,(H,31,35)(H,33,36)/t18-,24+,25+,27+/m1/s1. The first kappa shape index (κ1) is 24.7. The van der Waals surface area contributed by atoms with Crippen LogP contribution in [0.25, 0.3) is 10.9 Å². The molecule has 3 aromatic rings. The quantitative estimate of drug-likeness (QED) is 0.449. The highest BCUT2D eigenvalue weighted by Crippen LogP contribution is 2.46. The number of rotatable bonds is 7. The zero-order valence-electron chi connectivity index (χ0n) is 21.8. The van der Waals surface area contributed by atoms with Crippen LogP contribution in [-0.2, 0) is 20.7 Å². The van der Waals surface area contributed by atoms with Crippen LogP contribution in [0.3, 0.4) is 0 Å². The van der Waals surface area contributed by atoms with Crippen molar-refractivity contribution in [3.05, 3.63) is 70.9 Å². The lowest BCUT2D eigenvalue weighted by atomic mass is 9.89. The molecule has 0 saturated carbocycles. The van der Waals surface area contributed by atoms with Gasteiger partial charge in [0.05, 0.1) is 12.1 Å². The van der Waals surface area contributed by atoms with Crippen molar-refractivity contribution in [3.8, 4) is 0 Å². The highest BCUT2D eigenvalue weighted by molar-refractivity contribution is 6.04. The van der Waals surface area contributed by atoms with E-state index in [0.717, 1.165) is 47.2 Å². The number of para-hydroxylation sites is 1. The summed E-state index contributed by atoms with van der Waals surface area (Å²) in [7, 11) is 0. The number of fused-ring (bicyclic) bond motifs is 7. The molecule has 3 aliphatic rings. The third-order valence-corrected chi connectivity index (χ3v) is 8.02. The average Bonchev–Trinajstić information content (AvgIpc) is 3.63. The summed E-state index contributed by atoms with van der Waals surface area (Å²) in [5.74, 6) is -0.465. The summed E-state index contributed by atoms with van der Waals surface area (Å²) in [5, 5.41) is 7.07. The van der Waals surface area contributed by atoms with Crippen molar-refractivity contribution < 1.29 is 19.1 Å². The number of carbonyl (C=O) groups excluding carboxylic acids is 3. The third kappa shape index (κ3) is 4.26. The molecule has 0 unspecified atom stereocenters. The first-order chi connectivity index (χ1) is 18.4. The van der Waals surface area contributed by atoms with Gasteiger partial charge in [0.15, 0.2) is 0 Å². The Balaban J connectivity index is 1.31. The zero-order valence-corrected chi connectivity index (χ0v) is 21.8. The maximum atomic E-state index is 13.9. The Morgan fingerprint density at radius 1 is 1.13 bits per heavy atom. The van der Waals surface area contributed by atoms with Crippen LogP contribution in [-0.4, -0.2) is 58.9 Å². The van der Waals surface area contributed by atoms with Gasteiger partial charge in [0.25, 0.3) is 5.91 Å². The molecule has 4 atom stereocenters. The lowest BCUT2D eigenvalue weighted by molar-refractivity contribution is -0.132. The van der Waals surface area contributed by atoms with E-state index in [1.165, 1.54) is 0 Å². The zero-order chi connectivity index (χ0) is 26.4. The summed E-state index contributed by atoms with van der Waals surface area (Å²) in [6.07, 6.45) is 2.83. The molecule has 2 aromatic carbocycles. The van der Waals surface area contributed by atoms with Gasteiger partial charge in [-0.25, -0.2) is 0 Å². The second-order valence-electron chi connectivity index (χ2n) is 11.1. The molecule has 0 aliphatic carbocycles. The molecule has 3 amide bonds. The number of ether oxygens (including phenoxy) is 1. The number of hydrogen-bond donors (Lipinski definition) is 3. The van der Waals surface area contributed by atoms with E-state index in [1.54, 1.807) is 4.90 Å². The molecule has 0 spiro atoms. The second-order valence-corrected chi connectivity index (χ2v) is 11.1. The number of nitrogens with zero attached hydrogens (tertiary/aromatic N) is 1. The predicted octanol–water partition coefficient (Wildman–Crippen LogP) is 3.46. The van der Waals surface area contributed by atoms with E-state index in [0.29, 0.717) is 24.9 Å². The number of carbonyl (C=O) groups is 3. The van der Waals surface area contributed by atoms with Crippen molar-refractivity contribution in [3.63, 3.8) is 0 Å². The first-order valence-corrected chi connectivity index (χ1v) is 13.6. The van der Waals surface area contributed by atoms with Gasteiger partial charge >= 0.3 is 0 Å². The molecular formula is C30H34N4O4. The Bertz CT molecular complexity index is 1390. The molecule has 6 rings (SSSR count). The highest BCUT2D eigenvalue weighted by Gasteiger charge is 2.49. The van der Waals surface area contributed by atoms with Crippen molar-refractivity contribution in [1.29, 1.82) is 0 Å². The highest BCUT2D eigenvalue weighted by atomic mass is 16.5. The molecule has 3 aliphatic heterocycles. The molecule has 0 radical (unpaired) electrons. The lowest BCUT2D eigenvalue weighted by Crippen LogP contribution is -2.57. The number of nitrogens with one attached hydrogen (secondary N) is 3. The van der Waals surface area contributed by atoms with Crippen LogP contribution in [0.4, 0.5) is 0 Å². The summed E-state index contributed by atoms with van der Waals surface area (Å²) in [4.78, 5) is 46.0. The molecule has 8 heteroatoms. The van der Waals surface area contributed by atoms with Crippen molar-refractivity contribution in [1.82, 2.24) is 20.5 Å². The molecule has 0 bridgehead atoms. The Labute approximate surface area is 222 Å². The van der Waals surface area contributed by atoms with Gasteiger partial charge in [0.2, 0.25) is 11.8 Å². The molecule has 38 heavy (non-hydrogen) atoms. The van der Waals surface area contributed by atoms with Gasteiger partial charge in [0.1, 0.15) is 12.1 Å².